The molecule has 1 unspecified atom stereocenters. The molecule has 4 aromatic rings. The van der Waals surface area contributed by atoms with Crippen molar-refractivity contribution in [1.29, 1.82) is 0 Å². The third-order valence-electron chi connectivity index (χ3n) is 6.84. The summed E-state index contributed by atoms with van der Waals surface area (Å²) in [6, 6.07) is 9.77. The van der Waals surface area contributed by atoms with Gasteiger partial charge in [0.05, 0.1) is 16.7 Å². The molecule has 1 aliphatic rings. The minimum Gasteiger partial charge on any atom is -0.352 e. The summed E-state index contributed by atoms with van der Waals surface area (Å²) in [4.78, 5) is 20.2. The van der Waals surface area contributed by atoms with E-state index in [9.17, 15) is 39.5 Å². The second-order valence-corrected chi connectivity index (χ2v) is 9.92. The molecular weight excluding hydrogens is 605 g/mol. The van der Waals surface area contributed by atoms with Crippen LogP contribution in [-0.4, -0.2) is 45.6 Å². The lowest BCUT2D eigenvalue weighted by Gasteiger charge is -2.41. The van der Waals surface area contributed by atoms with Gasteiger partial charge in [-0.3, -0.25) is 0 Å². The Kier molecular flexibility index (Phi) is 8.03. The molecule has 1 aliphatic heterocycles. The zero-order chi connectivity index (χ0) is 31.9. The minimum absolute atomic E-state index is 0.0307. The predicted molar refractivity (Wildman–Crippen MR) is 143 cm³/mol. The highest BCUT2D eigenvalue weighted by Crippen LogP contribution is 2.37. The number of pyridine rings is 1. The summed E-state index contributed by atoms with van der Waals surface area (Å²) < 4.78 is 119. The number of halogens is 9. The molecule has 5 rings (SSSR count). The van der Waals surface area contributed by atoms with E-state index in [1.54, 1.807) is 11.8 Å². The number of benzene rings is 2. The van der Waals surface area contributed by atoms with Crippen LogP contribution in [0.4, 0.5) is 62.9 Å². The quantitative estimate of drug-likeness (QED) is 0.231. The normalized spacial score (nSPS) is 16.3. The average Bonchev–Trinajstić information content (AvgIpc) is 2.96. The molecule has 0 spiro atoms. The van der Waals surface area contributed by atoms with Crippen molar-refractivity contribution in [3.05, 3.63) is 83.6 Å². The Morgan fingerprint density at radius 1 is 0.727 bits per heavy atom. The van der Waals surface area contributed by atoms with E-state index in [0.29, 0.717) is 0 Å². The van der Waals surface area contributed by atoms with Crippen molar-refractivity contribution in [2.75, 3.05) is 34.8 Å². The molecule has 16 heteroatoms. The van der Waals surface area contributed by atoms with E-state index < -0.39 is 41.3 Å². The lowest BCUT2D eigenvalue weighted by atomic mass is 10.1. The number of rotatable bonds is 5. The molecule has 2 aromatic carbocycles. The van der Waals surface area contributed by atoms with Gasteiger partial charge in [0, 0.05) is 43.1 Å². The van der Waals surface area contributed by atoms with Gasteiger partial charge in [0.2, 0.25) is 11.9 Å². The molecule has 3 heterocycles. The average molecular weight is 628 g/mol. The second-order valence-electron chi connectivity index (χ2n) is 9.92. The van der Waals surface area contributed by atoms with Gasteiger partial charge in [-0.15, -0.1) is 0 Å². The predicted octanol–water partition coefficient (Wildman–Crippen LogP) is 7.45. The van der Waals surface area contributed by atoms with E-state index in [1.165, 1.54) is 29.3 Å². The highest BCUT2D eigenvalue weighted by atomic mass is 19.4. The topological polar surface area (TPSA) is 70.1 Å². The Balaban J connectivity index is 1.47. The van der Waals surface area contributed by atoms with Crippen LogP contribution in [0, 0.1) is 0 Å². The standard InChI is InChI=1S/C28H22F9N7/c1-16-15-43(23-21(28(35,36)37)3-2-12-38-23)13-14-44(16)25-41-22(17-4-6-18(7-5-17)26(29,30)31)40-24(42-25)39-20-10-8-19(9-11-20)27(32,33)34/h2-12,16H,13-15H2,1H3,(H,39,40,41,42). The van der Waals surface area contributed by atoms with E-state index in [4.69, 9.17) is 0 Å². The fraction of sp³-hybridized carbons (Fsp3) is 0.286. The van der Waals surface area contributed by atoms with Crippen molar-refractivity contribution in [2.45, 2.75) is 31.5 Å². The van der Waals surface area contributed by atoms with E-state index >= 15 is 0 Å². The van der Waals surface area contributed by atoms with Crippen molar-refractivity contribution in [3.8, 4) is 11.4 Å². The fourth-order valence-corrected chi connectivity index (χ4v) is 4.68. The Morgan fingerprint density at radius 2 is 1.34 bits per heavy atom. The maximum atomic E-state index is 13.6. The summed E-state index contributed by atoms with van der Waals surface area (Å²) in [5.41, 5.74) is -2.25. The van der Waals surface area contributed by atoms with Gasteiger partial charge in [0.1, 0.15) is 5.82 Å². The van der Waals surface area contributed by atoms with Crippen molar-refractivity contribution in [1.82, 2.24) is 19.9 Å². The molecule has 0 saturated carbocycles. The van der Waals surface area contributed by atoms with Crippen LogP contribution < -0.4 is 15.1 Å². The molecule has 0 bridgehead atoms. The van der Waals surface area contributed by atoms with Crippen LogP contribution in [0.5, 0.6) is 0 Å². The molecule has 232 valence electrons. The van der Waals surface area contributed by atoms with Crippen molar-refractivity contribution in [2.24, 2.45) is 0 Å². The Morgan fingerprint density at radius 3 is 1.91 bits per heavy atom. The van der Waals surface area contributed by atoms with Gasteiger partial charge in [-0.1, -0.05) is 12.1 Å². The summed E-state index contributed by atoms with van der Waals surface area (Å²) in [6.07, 6.45) is -12.5. The number of hydrogen-bond acceptors (Lipinski definition) is 7. The molecule has 0 amide bonds. The van der Waals surface area contributed by atoms with Crippen molar-refractivity contribution < 1.29 is 39.5 Å². The Hall–Kier alpha value is -4.63. The van der Waals surface area contributed by atoms with Gasteiger partial charge in [0.25, 0.3) is 0 Å². The highest BCUT2D eigenvalue weighted by molar-refractivity contribution is 5.62. The van der Waals surface area contributed by atoms with Gasteiger partial charge in [-0.25, -0.2) is 4.98 Å². The van der Waals surface area contributed by atoms with Crippen LogP contribution in [0.1, 0.15) is 23.6 Å². The first-order chi connectivity index (χ1) is 20.6. The summed E-state index contributed by atoms with van der Waals surface area (Å²) >= 11 is 0. The molecule has 2 aromatic heterocycles. The molecule has 44 heavy (non-hydrogen) atoms. The lowest BCUT2D eigenvalue weighted by Crippen LogP contribution is -2.53. The molecule has 7 nitrogen and oxygen atoms in total. The fourth-order valence-electron chi connectivity index (χ4n) is 4.68. The first kappa shape index (κ1) is 30.8. The number of nitrogens with zero attached hydrogens (tertiary/aromatic N) is 6. The van der Waals surface area contributed by atoms with Crippen LogP contribution in [0.25, 0.3) is 11.4 Å². The molecule has 1 fully saturated rings. The van der Waals surface area contributed by atoms with E-state index in [2.05, 4.69) is 25.3 Å². The largest absolute Gasteiger partial charge is 0.419 e. The maximum Gasteiger partial charge on any atom is 0.419 e. The number of piperazine rings is 1. The van der Waals surface area contributed by atoms with Gasteiger partial charge in [0.15, 0.2) is 5.82 Å². The van der Waals surface area contributed by atoms with Gasteiger partial charge in [-0.05, 0) is 55.5 Å². The Labute approximate surface area is 244 Å². The van der Waals surface area contributed by atoms with Crippen LogP contribution in [0.15, 0.2) is 66.9 Å². The van der Waals surface area contributed by atoms with Crippen LogP contribution >= 0.6 is 0 Å². The first-order valence-electron chi connectivity index (χ1n) is 13.0. The smallest absolute Gasteiger partial charge is 0.352 e. The summed E-state index contributed by atoms with van der Waals surface area (Å²) in [7, 11) is 0. The van der Waals surface area contributed by atoms with E-state index in [-0.39, 0.29) is 54.4 Å². The number of anilines is 4. The second kappa shape index (κ2) is 11.5. The van der Waals surface area contributed by atoms with Gasteiger partial charge >= 0.3 is 18.5 Å². The summed E-state index contributed by atoms with van der Waals surface area (Å²) in [5.74, 6) is -0.300. The minimum atomic E-state index is -4.62. The zero-order valence-electron chi connectivity index (χ0n) is 22.6. The van der Waals surface area contributed by atoms with Crippen LogP contribution in [0.3, 0.4) is 0 Å². The van der Waals surface area contributed by atoms with Crippen molar-refractivity contribution >= 4 is 23.4 Å². The number of alkyl halides is 9. The monoisotopic (exact) mass is 627 g/mol. The molecule has 1 saturated heterocycles. The Bertz CT molecular complexity index is 1600. The van der Waals surface area contributed by atoms with E-state index in [0.717, 1.165) is 42.5 Å². The number of hydrogen-bond donors (Lipinski definition) is 1. The SMILES string of the molecule is CC1CN(c2ncccc2C(F)(F)F)CCN1c1nc(Nc2ccc(C(F)(F)F)cc2)nc(-c2ccc(C(F)(F)F)cc2)n1. The summed E-state index contributed by atoms with van der Waals surface area (Å²) in [6.45, 7) is 2.08. The lowest BCUT2D eigenvalue weighted by molar-refractivity contribution is -0.138. The molecule has 1 N–H and O–H groups in total. The number of aromatic nitrogens is 4. The molecular formula is C28H22F9N7. The zero-order valence-corrected chi connectivity index (χ0v) is 22.6. The van der Waals surface area contributed by atoms with Gasteiger partial charge in [-0.2, -0.15) is 54.5 Å². The third-order valence-corrected chi connectivity index (χ3v) is 6.84. The highest BCUT2D eigenvalue weighted by Gasteiger charge is 2.38. The van der Waals surface area contributed by atoms with Gasteiger partial charge < -0.3 is 15.1 Å². The van der Waals surface area contributed by atoms with E-state index in [1.807, 2.05) is 0 Å². The number of nitrogens with one attached hydrogen (secondary N) is 1. The first-order valence-corrected chi connectivity index (χ1v) is 13.0. The maximum absolute atomic E-state index is 13.6. The van der Waals surface area contributed by atoms with Crippen molar-refractivity contribution in [3.63, 3.8) is 0 Å². The molecule has 0 radical (unpaired) electrons. The molecule has 0 aliphatic carbocycles. The summed E-state index contributed by atoms with van der Waals surface area (Å²) in [5, 5.41) is 2.80. The van der Waals surface area contributed by atoms with Crippen LogP contribution in [-0.2, 0) is 18.5 Å². The molecule has 1 atom stereocenters. The third kappa shape index (κ3) is 6.78. The van der Waals surface area contributed by atoms with Crippen LogP contribution in [0.2, 0.25) is 0 Å².